The molecule has 0 radical (unpaired) electrons. The molecule has 5 heteroatoms. The fourth-order valence-corrected chi connectivity index (χ4v) is 0.632. The largest absolute Gasteiger partial charge is 0.223 e. The Kier molecular flexibility index (Phi) is 1.83. The van der Waals surface area contributed by atoms with E-state index in [1.54, 1.807) is 0 Å². The van der Waals surface area contributed by atoms with Crippen LogP contribution in [-0.2, 0) is 0 Å². The van der Waals surface area contributed by atoms with E-state index in [2.05, 4.69) is 9.97 Å². The van der Waals surface area contributed by atoms with Gasteiger partial charge in [-0.15, -0.1) is 0 Å². The van der Waals surface area contributed by atoms with Crippen LogP contribution in [0.5, 0.6) is 0 Å². The molecule has 48 valence electrons. The number of rotatable bonds is 0. The highest BCUT2D eigenvalue weighted by molar-refractivity contribution is 6.31. The lowest BCUT2D eigenvalue weighted by atomic mass is 10.7. The normalized spacial score (nSPS) is 9.67. The van der Waals surface area contributed by atoms with Crippen LogP contribution in [0.25, 0.3) is 0 Å². The van der Waals surface area contributed by atoms with Crippen molar-refractivity contribution in [3.05, 3.63) is 22.5 Å². The lowest BCUT2D eigenvalue weighted by molar-refractivity contribution is 0.614. The number of halogens is 3. The van der Waals surface area contributed by atoms with Gasteiger partial charge in [0, 0.05) is 0 Å². The minimum absolute atomic E-state index is 0.0543. The van der Waals surface area contributed by atoms with E-state index in [0.717, 1.165) is 6.20 Å². The minimum atomic E-state index is -0.666. The van der Waals surface area contributed by atoms with E-state index >= 15 is 0 Å². The third kappa shape index (κ3) is 1.50. The van der Waals surface area contributed by atoms with Crippen molar-refractivity contribution in [3.8, 4) is 0 Å². The Bertz CT molecular complexity index is 228. The van der Waals surface area contributed by atoms with Crippen molar-refractivity contribution >= 4 is 23.2 Å². The van der Waals surface area contributed by atoms with Crippen LogP contribution in [0.4, 0.5) is 4.39 Å². The Morgan fingerprint density at radius 1 is 1.44 bits per heavy atom. The summed E-state index contributed by atoms with van der Waals surface area (Å²) in [6.45, 7) is 0. The van der Waals surface area contributed by atoms with Gasteiger partial charge in [0.1, 0.15) is 0 Å². The maximum absolute atomic E-state index is 12.2. The number of hydrogen-bond donors (Lipinski definition) is 0. The van der Waals surface area contributed by atoms with E-state index in [4.69, 9.17) is 23.2 Å². The Labute approximate surface area is 60.6 Å². The summed E-state index contributed by atoms with van der Waals surface area (Å²) in [4.78, 5) is 6.65. The SMILES string of the molecule is Fc1c[15n][13c](Cl)[15n]c1Cl. The summed E-state index contributed by atoms with van der Waals surface area (Å²) >= 11 is 10.4. The van der Waals surface area contributed by atoms with Gasteiger partial charge < -0.3 is 0 Å². The van der Waals surface area contributed by atoms with E-state index < -0.39 is 5.82 Å². The molecular weight excluding hydrogens is 169 g/mol. The minimum Gasteiger partial charge on any atom is -0.223 e. The quantitative estimate of drug-likeness (QED) is 0.439. The highest BCUT2D eigenvalue weighted by Gasteiger charge is 1.99. The molecule has 0 unspecified atom stereocenters. The molecule has 0 aliphatic carbocycles. The summed E-state index contributed by atoms with van der Waals surface area (Å²) in [5.41, 5.74) is 0. The first-order chi connectivity index (χ1) is 4.20. The van der Waals surface area contributed by atoms with Crippen molar-refractivity contribution in [2.24, 2.45) is 0 Å². The molecule has 9 heavy (non-hydrogen) atoms. The summed E-state index contributed by atoms with van der Waals surface area (Å²) in [6, 6.07) is 0. The highest BCUT2D eigenvalue weighted by atomic mass is 35.5. The molecule has 1 aromatic rings. The molecule has 2 nitrogen and oxygen atoms in total. The fraction of sp³-hybridized carbons (Fsp3) is 0. The lowest BCUT2D eigenvalue weighted by Gasteiger charge is -1.89. The Morgan fingerprint density at radius 2 is 2.11 bits per heavy atom. The predicted molar refractivity (Wildman–Crippen MR) is 32.0 cm³/mol. The smallest absolute Gasteiger partial charge is 0.223 e. The summed E-state index contributed by atoms with van der Waals surface area (Å²) < 4.78 is 12.2. The van der Waals surface area contributed by atoms with Crippen LogP contribution in [0.15, 0.2) is 6.20 Å². The second kappa shape index (κ2) is 2.45. The van der Waals surface area contributed by atoms with Gasteiger partial charge in [-0.2, -0.15) is 0 Å². The van der Waals surface area contributed by atoms with Gasteiger partial charge in [-0.25, -0.2) is 14.4 Å². The predicted octanol–water partition coefficient (Wildman–Crippen LogP) is 1.92. The first-order valence-corrected chi connectivity index (χ1v) is 2.79. The van der Waals surface area contributed by atoms with Crippen LogP contribution in [0.3, 0.4) is 0 Å². The van der Waals surface area contributed by atoms with Gasteiger partial charge in [-0.3, -0.25) is 0 Å². The zero-order chi connectivity index (χ0) is 6.85. The zero-order valence-corrected chi connectivity index (χ0v) is 5.62. The second-order valence-corrected chi connectivity index (χ2v) is 1.97. The van der Waals surface area contributed by atoms with Gasteiger partial charge in [0.2, 0.25) is 5.28 Å². The molecule has 1 aromatic heterocycles. The Morgan fingerprint density at radius 3 is 2.56 bits per heavy atom. The Balaban J connectivity index is 3.17. The molecule has 0 saturated carbocycles. The van der Waals surface area contributed by atoms with Crippen LogP contribution in [0, 0.1) is 5.82 Å². The first-order valence-electron chi connectivity index (χ1n) is 2.03. The van der Waals surface area contributed by atoms with Gasteiger partial charge in [-0.05, 0) is 11.6 Å². The molecule has 0 bridgehead atoms. The van der Waals surface area contributed by atoms with Crippen LogP contribution in [0.2, 0.25) is 10.4 Å². The van der Waals surface area contributed by atoms with Crippen molar-refractivity contribution in [1.82, 2.24) is 9.97 Å². The van der Waals surface area contributed by atoms with Gasteiger partial charge in [0.05, 0.1) is 6.20 Å². The van der Waals surface area contributed by atoms with E-state index in [0.29, 0.717) is 0 Å². The number of nitrogens with zero attached hydrogens (tertiary/aromatic N) is 2. The maximum atomic E-state index is 12.2. The van der Waals surface area contributed by atoms with Crippen LogP contribution >= 0.6 is 23.2 Å². The van der Waals surface area contributed by atoms with Crippen molar-refractivity contribution in [2.75, 3.05) is 0 Å². The molecule has 0 atom stereocenters. The van der Waals surface area contributed by atoms with Crippen molar-refractivity contribution < 1.29 is 4.39 Å². The summed E-state index contributed by atoms with van der Waals surface area (Å²) in [7, 11) is 0. The molecule has 0 amide bonds. The van der Waals surface area contributed by atoms with Gasteiger partial charge in [0.15, 0.2) is 11.0 Å². The van der Waals surface area contributed by atoms with Crippen LogP contribution in [-0.4, -0.2) is 9.97 Å². The molecule has 0 spiro atoms. The van der Waals surface area contributed by atoms with Crippen molar-refractivity contribution in [3.63, 3.8) is 0 Å². The average Bonchev–Trinajstić information content (AvgIpc) is 1.80. The third-order valence-corrected chi connectivity index (χ3v) is 1.12. The first kappa shape index (κ1) is 6.71. The molecule has 0 saturated heterocycles. The van der Waals surface area contributed by atoms with Gasteiger partial charge in [0.25, 0.3) is 0 Å². The maximum Gasteiger partial charge on any atom is 0.223 e. The molecule has 0 aliphatic heterocycles. The summed E-state index contributed by atoms with van der Waals surface area (Å²) in [5.74, 6) is -0.666. The monoisotopic (exact) mass is 169 g/mol. The molecule has 0 N–H and O–H groups in total. The van der Waals surface area contributed by atoms with E-state index in [9.17, 15) is 4.39 Å². The average molecular weight is 170 g/mol. The van der Waals surface area contributed by atoms with Gasteiger partial charge in [-0.1, -0.05) is 11.6 Å². The number of hydrogen-bond acceptors (Lipinski definition) is 2. The topological polar surface area (TPSA) is 25.8 Å². The zero-order valence-electron chi connectivity index (χ0n) is 4.11. The molecule has 0 aromatic carbocycles. The van der Waals surface area contributed by atoms with Gasteiger partial charge >= 0.3 is 0 Å². The number of aromatic nitrogens is 2. The standard InChI is InChI=1S/C4HCl2FN2/c5-3-2(7)1-8-4(6)9-3/h1H/i4+1,8+1,9+1. The molecule has 0 fully saturated rings. The fourth-order valence-electron chi connectivity index (χ4n) is 0.326. The Hall–Kier alpha value is -0.410. The van der Waals surface area contributed by atoms with Crippen molar-refractivity contribution in [1.29, 1.82) is 0 Å². The lowest BCUT2D eigenvalue weighted by Crippen LogP contribution is -1.85. The van der Waals surface area contributed by atoms with E-state index in [1.165, 1.54) is 0 Å². The van der Waals surface area contributed by atoms with E-state index in [-0.39, 0.29) is 10.4 Å². The van der Waals surface area contributed by atoms with Crippen molar-refractivity contribution in [2.45, 2.75) is 0 Å². The third-order valence-electron chi connectivity index (χ3n) is 0.672. The second-order valence-electron chi connectivity index (χ2n) is 1.28. The molecule has 0 aliphatic rings. The van der Waals surface area contributed by atoms with E-state index in [1.807, 2.05) is 0 Å². The molecule has 1 rings (SSSR count). The highest BCUT2D eigenvalue weighted by Crippen LogP contribution is 2.10. The molecule has 1 heterocycles. The summed E-state index contributed by atoms with van der Waals surface area (Å²) in [6.07, 6.45) is 0.914. The van der Waals surface area contributed by atoms with Crippen LogP contribution in [0.1, 0.15) is 0 Å². The molecular formula is C4HCl2FN2. The van der Waals surface area contributed by atoms with Crippen LogP contribution < -0.4 is 0 Å². The summed E-state index contributed by atoms with van der Waals surface area (Å²) in [5, 5.41) is -0.309.